The average molecular weight is 272 g/mol. The molecule has 2 rings (SSSR count). The highest BCUT2D eigenvalue weighted by atomic mass is 32.1. The minimum atomic E-state index is 0.103. The zero-order valence-corrected chi connectivity index (χ0v) is 11.7. The van der Waals surface area contributed by atoms with Gasteiger partial charge < -0.3 is 9.84 Å². The quantitative estimate of drug-likeness (QED) is 0.865. The lowest BCUT2D eigenvalue weighted by atomic mass is 10.2. The van der Waals surface area contributed by atoms with Crippen molar-refractivity contribution in [2.24, 2.45) is 0 Å². The molecule has 98 valence electrons. The zero-order chi connectivity index (χ0) is 13.5. The van der Waals surface area contributed by atoms with Gasteiger partial charge >= 0.3 is 0 Å². The Bertz CT molecular complexity index is 590. The Hall–Kier alpha value is -1.76. The maximum atomic E-state index is 8.72. The summed E-state index contributed by atoms with van der Waals surface area (Å²) in [6.45, 7) is 2.67. The van der Waals surface area contributed by atoms with Crippen molar-refractivity contribution in [3.05, 3.63) is 51.7 Å². The van der Waals surface area contributed by atoms with Crippen molar-refractivity contribution in [2.45, 2.75) is 20.0 Å². The Morgan fingerprint density at radius 1 is 1.26 bits per heavy atom. The average Bonchev–Trinajstić information content (AvgIpc) is 2.86. The highest BCUT2D eigenvalue weighted by Crippen LogP contribution is 2.21. The van der Waals surface area contributed by atoms with Crippen LogP contribution in [0.1, 0.15) is 22.4 Å². The van der Waals surface area contributed by atoms with Gasteiger partial charge in [-0.15, -0.1) is 11.3 Å². The third kappa shape index (κ3) is 3.85. The lowest BCUT2D eigenvalue weighted by molar-refractivity contribution is 0.305. The minimum absolute atomic E-state index is 0.103. The maximum Gasteiger partial charge on any atom is 0.124 e. The van der Waals surface area contributed by atoms with Crippen molar-refractivity contribution in [2.75, 3.05) is 6.61 Å². The lowest BCUT2D eigenvalue weighted by Crippen LogP contribution is -1.96. The Morgan fingerprint density at radius 3 is 2.89 bits per heavy atom. The normalized spacial score (nSPS) is 9.79. The highest BCUT2D eigenvalue weighted by Gasteiger charge is 2.04. The number of aliphatic hydroxyl groups excluding tert-OH is 1. The van der Waals surface area contributed by atoms with E-state index in [2.05, 4.69) is 11.8 Å². The standard InChI is InChI=1S/C16H16O2S/c1-13-6-2-3-8-15(13)18-12-16-14(9-11-19-16)7-4-5-10-17/h2-3,6,8-9,11,17H,5,10,12H2,1H3. The fourth-order valence-corrected chi connectivity index (χ4v) is 2.38. The summed E-state index contributed by atoms with van der Waals surface area (Å²) in [4.78, 5) is 1.12. The summed E-state index contributed by atoms with van der Waals surface area (Å²) in [7, 11) is 0. The number of aliphatic hydroxyl groups is 1. The fourth-order valence-electron chi connectivity index (χ4n) is 1.64. The fraction of sp³-hybridized carbons (Fsp3) is 0.250. The summed E-state index contributed by atoms with van der Waals surface area (Å²) in [5, 5.41) is 10.7. The van der Waals surface area contributed by atoms with Gasteiger partial charge in [0.1, 0.15) is 12.4 Å². The maximum absolute atomic E-state index is 8.72. The molecule has 0 atom stereocenters. The molecular formula is C16H16O2S. The van der Waals surface area contributed by atoms with Gasteiger partial charge in [0.05, 0.1) is 11.5 Å². The van der Waals surface area contributed by atoms with Crippen molar-refractivity contribution in [1.82, 2.24) is 0 Å². The van der Waals surface area contributed by atoms with Crippen molar-refractivity contribution in [3.63, 3.8) is 0 Å². The summed E-state index contributed by atoms with van der Waals surface area (Å²) in [6, 6.07) is 9.97. The van der Waals surface area contributed by atoms with Crippen LogP contribution in [0.3, 0.4) is 0 Å². The van der Waals surface area contributed by atoms with E-state index < -0.39 is 0 Å². The van der Waals surface area contributed by atoms with E-state index in [0.717, 1.165) is 21.8 Å². The smallest absolute Gasteiger partial charge is 0.124 e. The van der Waals surface area contributed by atoms with Crippen LogP contribution in [0.4, 0.5) is 0 Å². The number of thiophene rings is 1. The molecule has 2 aromatic rings. The van der Waals surface area contributed by atoms with E-state index in [9.17, 15) is 0 Å². The second-order valence-corrected chi connectivity index (χ2v) is 5.09. The Balaban J connectivity index is 2.03. The monoisotopic (exact) mass is 272 g/mol. The lowest BCUT2D eigenvalue weighted by Gasteiger charge is -2.07. The second kappa shape index (κ2) is 6.98. The molecule has 0 aliphatic carbocycles. The molecule has 19 heavy (non-hydrogen) atoms. The highest BCUT2D eigenvalue weighted by molar-refractivity contribution is 7.10. The summed E-state index contributed by atoms with van der Waals surface area (Å²) in [5.74, 6) is 6.91. The van der Waals surface area contributed by atoms with Crippen LogP contribution in [-0.2, 0) is 6.61 Å². The first kappa shape index (κ1) is 13.7. The topological polar surface area (TPSA) is 29.5 Å². The van der Waals surface area contributed by atoms with Crippen molar-refractivity contribution in [3.8, 4) is 17.6 Å². The van der Waals surface area contributed by atoms with Crippen LogP contribution < -0.4 is 4.74 Å². The molecule has 1 N–H and O–H groups in total. The summed E-state index contributed by atoms with van der Waals surface area (Å²) in [6.07, 6.45) is 0.508. The van der Waals surface area contributed by atoms with Crippen LogP contribution in [0.15, 0.2) is 35.7 Å². The van der Waals surface area contributed by atoms with Crippen molar-refractivity contribution >= 4 is 11.3 Å². The molecular weight excluding hydrogens is 256 g/mol. The molecule has 0 radical (unpaired) electrons. The van der Waals surface area contributed by atoms with Crippen LogP contribution in [-0.4, -0.2) is 11.7 Å². The first-order valence-corrected chi connectivity index (χ1v) is 7.03. The molecule has 0 saturated carbocycles. The molecule has 0 saturated heterocycles. The van der Waals surface area contributed by atoms with Gasteiger partial charge in [-0.3, -0.25) is 0 Å². The third-order valence-electron chi connectivity index (χ3n) is 2.66. The van der Waals surface area contributed by atoms with Crippen LogP contribution in [0, 0.1) is 18.8 Å². The van der Waals surface area contributed by atoms with E-state index in [0.29, 0.717) is 13.0 Å². The van der Waals surface area contributed by atoms with E-state index in [4.69, 9.17) is 9.84 Å². The van der Waals surface area contributed by atoms with E-state index in [1.54, 1.807) is 11.3 Å². The summed E-state index contributed by atoms with van der Waals surface area (Å²) >= 11 is 1.64. The molecule has 1 aromatic heterocycles. The molecule has 0 bridgehead atoms. The SMILES string of the molecule is Cc1ccccc1OCc1sccc1C#CCCO. The van der Waals surface area contributed by atoms with Crippen molar-refractivity contribution < 1.29 is 9.84 Å². The Kier molecular flexibility index (Phi) is 5.02. The molecule has 0 aliphatic rings. The summed E-state index contributed by atoms with van der Waals surface area (Å²) < 4.78 is 5.82. The molecule has 3 heteroatoms. The molecule has 1 aromatic carbocycles. The van der Waals surface area contributed by atoms with Crippen LogP contribution in [0.5, 0.6) is 5.75 Å². The number of rotatable bonds is 4. The van der Waals surface area contributed by atoms with Crippen molar-refractivity contribution in [1.29, 1.82) is 0 Å². The third-order valence-corrected chi connectivity index (χ3v) is 3.55. The van der Waals surface area contributed by atoms with Gasteiger partial charge in [0.2, 0.25) is 0 Å². The molecule has 0 fully saturated rings. The largest absolute Gasteiger partial charge is 0.488 e. The molecule has 0 unspecified atom stereocenters. The van der Waals surface area contributed by atoms with E-state index in [1.165, 1.54) is 0 Å². The molecule has 1 heterocycles. The predicted molar refractivity (Wildman–Crippen MR) is 78.4 cm³/mol. The number of para-hydroxylation sites is 1. The summed E-state index contributed by atoms with van der Waals surface area (Å²) in [5.41, 5.74) is 2.12. The Morgan fingerprint density at radius 2 is 2.11 bits per heavy atom. The first-order valence-electron chi connectivity index (χ1n) is 6.16. The molecule has 0 aliphatic heterocycles. The van der Waals surface area contributed by atoms with E-state index >= 15 is 0 Å². The minimum Gasteiger partial charge on any atom is -0.488 e. The first-order chi connectivity index (χ1) is 9.31. The van der Waals surface area contributed by atoms with Gasteiger partial charge in [-0.25, -0.2) is 0 Å². The number of ether oxygens (including phenoxy) is 1. The number of hydrogen-bond acceptors (Lipinski definition) is 3. The van der Waals surface area contributed by atoms with Crippen LogP contribution in [0.2, 0.25) is 0 Å². The predicted octanol–water partition coefficient (Wildman–Crippen LogP) is 3.37. The van der Waals surface area contributed by atoms with Gasteiger partial charge in [0, 0.05) is 12.0 Å². The number of hydrogen-bond donors (Lipinski definition) is 1. The van der Waals surface area contributed by atoms with E-state index in [1.807, 2.05) is 42.6 Å². The van der Waals surface area contributed by atoms with Crippen LogP contribution >= 0.6 is 11.3 Å². The van der Waals surface area contributed by atoms with Gasteiger partial charge in [0.25, 0.3) is 0 Å². The number of benzene rings is 1. The van der Waals surface area contributed by atoms with E-state index in [-0.39, 0.29) is 6.61 Å². The van der Waals surface area contributed by atoms with Crippen LogP contribution in [0.25, 0.3) is 0 Å². The number of aryl methyl sites for hydroxylation is 1. The molecule has 0 amide bonds. The van der Waals surface area contributed by atoms with Gasteiger partial charge in [-0.05, 0) is 30.0 Å². The zero-order valence-electron chi connectivity index (χ0n) is 10.8. The molecule has 0 spiro atoms. The second-order valence-electron chi connectivity index (χ2n) is 4.09. The molecule has 2 nitrogen and oxygen atoms in total. The van der Waals surface area contributed by atoms with Gasteiger partial charge in [0.15, 0.2) is 0 Å². The van der Waals surface area contributed by atoms with Gasteiger partial charge in [-0.2, -0.15) is 0 Å². The Labute approximate surface area is 117 Å². The van der Waals surface area contributed by atoms with Gasteiger partial charge in [-0.1, -0.05) is 30.0 Å².